The molecule has 0 aliphatic heterocycles. The number of rotatable bonds is 7. The zero-order chi connectivity index (χ0) is 12.0. The Morgan fingerprint density at radius 3 is 2.50 bits per heavy atom. The molecule has 1 N–H and O–H groups in total. The van der Waals surface area contributed by atoms with Gasteiger partial charge in [-0.3, -0.25) is 0 Å². The van der Waals surface area contributed by atoms with Crippen molar-refractivity contribution in [3.63, 3.8) is 0 Å². The summed E-state index contributed by atoms with van der Waals surface area (Å²) in [4.78, 5) is 0. The van der Waals surface area contributed by atoms with Crippen LogP contribution in [0.15, 0.2) is 0 Å². The van der Waals surface area contributed by atoms with E-state index in [1.807, 2.05) is 0 Å². The van der Waals surface area contributed by atoms with E-state index in [0.29, 0.717) is 11.5 Å². The van der Waals surface area contributed by atoms with Gasteiger partial charge in [0, 0.05) is 26.3 Å². The summed E-state index contributed by atoms with van der Waals surface area (Å²) < 4.78 is 5.10. The maximum absolute atomic E-state index is 5.10. The van der Waals surface area contributed by atoms with Crippen molar-refractivity contribution in [1.82, 2.24) is 5.32 Å². The SMILES string of the molecule is COCCC(C)NCC(C)(C)C1CCCC1. The summed E-state index contributed by atoms with van der Waals surface area (Å²) >= 11 is 0. The first-order valence-corrected chi connectivity index (χ1v) is 6.78. The number of hydrogen-bond donors (Lipinski definition) is 1. The van der Waals surface area contributed by atoms with Crippen LogP contribution in [0.2, 0.25) is 0 Å². The van der Waals surface area contributed by atoms with Crippen molar-refractivity contribution in [2.45, 2.75) is 58.9 Å². The van der Waals surface area contributed by atoms with Gasteiger partial charge in [-0.2, -0.15) is 0 Å². The van der Waals surface area contributed by atoms with E-state index in [2.05, 4.69) is 26.1 Å². The largest absolute Gasteiger partial charge is 0.385 e. The lowest BCUT2D eigenvalue weighted by Crippen LogP contribution is -2.39. The first-order valence-electron chi connectivity index (χ1n) is 6.78. The zero-order valence-electron chi connectivity index (χ0n) is 11.5. The van der Waals surface area contributed by atoms with Gasteiger partial charge in [0.15, 0.2) is 0 Å². The lowest BCUT2D eigenvalue weighted by atomic mass is 9.77. The highest BCUT2D eigenvalue weighted by Crippen LogP contribution is 2.39. The highest BCUT2D eigenvalue weighted by Gasteiger charge is 2.31. The minimum atomic E-state index is 0.456. The molecule has 1 saturated carbocycles. The van der Waals surface area contributed by atoms with E-state index in [0.717, 1.165) is 25.5 Å². The fraction of sp³-hybridized carbons (Fsp3) is 1.00. The molecule has 0 aromatic carbocycles. The standard InChI is InChI=1S/C14H29NO/c1-12(9-10-16-4)15-11-14(2,3)13-7-5-6-8-13/h12-13,15H,5-11H2,1-4H3. The van der Waals surface area contributed by atoms with Crippen LogP contribution in [0.5, 0.6) is 0 Å². The fourth-order valence-corrected chi connectivity index (χ4v) is 2.69. The van der Waals surface area contributed by atoms with E-state index < -0.39 is 0 Å². The lowest BCUT2D eigenvalue weighted by molar-refractivity contribution is 0.170. The molecule has 0 heterocycles. The first-order chi connectivity index (χ1) is 7.56. The summed E-state index contributed by atoms with van der Waals surface area (Å²) in [6, 6.07) is 0.570. The van der Waals surface area contributed by atoms with E-state index in [1.54, 1.807) is 7.11 Å². The summed E-state index contributed by atoms with van der Waals surface area (Å²) in [5, 5.41) is 3.65. The molecule has 0 saturated heterocycles. The van der Waals surface area contributed by atoms with Gasteiger partial charge in [-0.1, -0.05) is 26.7 Å². The van der Waals surface area contributed by atoms with Crippen molar-refractivity contribution in [1.29, 1.82) is 0 Å². The third-order valence-corrected chi connectivity index (χ3v) is 4.12. The van der Waals surface area contributed by atoms with E-state index in [4.69, 9.17) is 4.74 Å². The molecule has 1 aliphatic rings. The predicted octanol–water partition coefficient (Wildman–Crippen LogP) is 3.22. The Hall–Kier alpha value is -0.0800. The van der Waals surface area contributed by atoms with Crippen molar-refractivity contribution in [3.05, 3.63) is 0 Å². The van der Waals surface area contributed by atoms with Gasteiger partial charge in [0.25, 0.3) is 0 Å². The monoisotopic (exact) mass is 227 g/mol. The minimum Gasteiger partial charge on any atom is -0.385 e. The quantitative estimate of drug-likeness (QED) is 0.721. The molecule has 0 amide bonds. The highest BCUT2D eigenvalue weighted by molar-refractivity contribution is 4.84. The third kappa shape index (κ3) is 4.42. The second-order valence-corrected chi connectivity index (χ2v) is 6.03. The van der Waals surface area contributed by atoms with Crippen molar-refractivity contribution in [2.24, 2.45) is 11.3 Å². The average Bonchev–Trinajstić information content (AvgIpc) is 2.77. The molecule has 0 bridgehead atoms. The van der Waals surface area contributed by atoms with Gasteiger partial charge in [0.05, 0.1) is 0 Å². The van der Waals surface area contributed by atoms with Crippen LogP contribution in [-0.4, -0.2) is 26.3 Å². The van der Waals surface area contributed by atoms with Gasteiger partial charge in [0.2, 0.25) is 0 Å². The van der Waals surface area contributed by atoms with E-state index >= 15 is 0 Å². The smallest absolute Gasteiger partial charge is 0.0476 e. The maximum atomic E-state index is 5.10. The van der Waals surface area contributed by atoms with E-state index in [9.17, 15) is 0 Å². The van der Waals surface area contributed by atoms with Gasteiger partial charge < -0.3 is 10.1 Å². The maximum Gasteiger partial charge on any atom is 0.0476 e. The Bertz CT molecular complexity index is 185. The molecule has 0 spiro atoms. The van der Waals surface area contributed by atoms with Crippen LogP contribution < -0.4 is 5.32 Å². The fourth-order valence-electron chi connectivity index (χ4n) is 2.69. The lowest BCUT2D eigenvalue weighted by Gasteiger charge is -2.33. The van der Waals surface area contributed by atoms with Crippen molar-refractivity contribution < 1.29 is 4.74 Å². The molecule has 16 heavy (non-hydrogen) atoms. The van der Waals surface area contributed by atoms with Crippen LogP contribution in [0.4, 0.5) is 0 Å². The summed E-state index contributed by atoms with van der Waals surface area (Å²) in [5.41, 5.74) is 0.456. The van der Waals surface area contributed by atoms with Crippen molar-refractivity contribution >= 4 is 0 Å². The Labute approximate surface area is 101 Å². The van der Waals surface area contributed by atoms with Gasteiger partial charge >= 0.3 is 0 Å². The van der Waals surface area contributed by atoms with Crippen molar-refractivity contribution in [2.75, 3.05) is 20.3 Å². The summed E-state index contributed by atoms with van der Waals surface area (Å²) in [6.45, 7) is 9.09. The normalized spacial score (nSPS) is 20.2. The molecule has 0 radical (unpaired) electrons. The summed E-state index contributed by atoms with van der Waals surface area (Å²) in [6.07, 6.45) is 6.85. The molecule has 0 aromatic heterocycles. The molecular formula is C14H29NO. The summed E-state index contributed by atoms with van der Waals surface area (Å²) in [5.74, 6) is 0.926. The van der Waals surface area contributed by atoms with Crippen LogP contribution in [0.3, 0.4) is 0 Å². The predicted molar refractivity (Wildman–Crippen MR) is 69.7 cm³/mol. The molecule has 1 rings (SSSR count). The van der Waals surface area contributed by atoms with E-state index in [1.165, 1.54) is 25.7 Å². The van der Waals surface area contributed by atoms with Crippen LogP contribution in [0.1, 0.15) is 52.9 Å². The number of hydrogen-bond acceptors (Lipinski definition) is 2. The topological polar surface area (TPSA) is 21.3 Å². The zero-order valence-corrected chi connectivity index (χ0v) is 11.5. The van der Waals surface area contributed by atoms with Crippen LogP contribution in [-0.2, 0) is 4.74 Å². The molecule has 1 unspecified atom stereocenters. The number of nitrogens with one attached hydrogen (secondary N) is 1. The molecule has 1 aliphatic carbocycles. The summed E-state index contributed by atoms with van der Waals surface area (Å²) in [7, 11) is 1.77. The molecule has 0 aromatic rings. The Balaban J connectivity index is 2.23. The molecule has 1 fully saturated rings. The van der Waals surface area contributed by atoms with Gasteiger partial charge in [0.1, 0.15) is 0 Å². The second-order valence-electron chi connectivity index (χ2n) is 6.03. The average molecular weight is 227 g/mol. The first kappa shape index (κ1) is 14.0. The van der Waals surface area contributed by atoms with Gasteiger partial charge in [-0.25, -0.2) is 0 Å². The highest BCUT2D eigenvalue weighted by atomic mass is 16.5. The minimum absolute atomic E-state index is 0.456. The van der Waals surface area contributed by atoms with E-state index in [-0.39, 0.29) is 0 Å². The third-order valence-electron chi connectivity index (χ3n) is 4.12. The Morgan fingerprint density at radius 2 is 1.94 bits per heavy atom. The van der Waals surface area contributed by atoms with Crippen molar-refractivity contribution in [3.8, 4) is 0 Å². The van der Waals surface area contributed by atoms with Crippen LogP contribution in [0.25, 0.3) is 0 Å². The van der Waals surface area contributed by atoms with Crippen LogP contribution in [0, 0.1) is 11.3 Å². The van der Waals surface area contributed by atoms with Gasteiger partial charge in [-0.15, -0.1) is 0 Å². The molecule has 2 nitrogen and oxygen atoms in total. The molecule has 2 heteroatoms. The Kier molecular flexibility index (Phi) is 5.77. The van der Waals surface area contributed by atoms with Gasteiger partial charge in [-0.05, 0) is 37.5 Å². The molecular weight excluding hydrogens is 198 g/mol. The van der Waals surface area contributed by atoms with Crippen LogP contribution >= 0.6 is 0 Å². The molecule has 1 atom stereocenters. The molecule has 96 valence electrons. The second kappa shape index (κ2) is 6.61. The Morgan fingerprint density at radius 1 is 1.31 bits per heavy atom. The number of methoxy groups -OCH3 is 1. The number of ether oxygens (including phenoxy) is 1.